The molecule has 18 heavy (non-hydrogen) atoms. The molecule has 0 saturated heterocycles. The van der Waals surface area contributed by atoms with Crippen molar-refractivity contribution >= 4 is 23.3 Å². The lowest BCUT2D eigenvalue weighted by Gasteiger charge is -2.18. The molecule has 0 aliphatic rings. The van der Waals surface area contributed by atoms with Crippen molar-refractivity contribution in [1.82, 2.24) is 15.3 Å². The van der Waals surface area contributed by atoms with E-state index in [4.69, 9.17) is 11.6 Å². The second kappa shape index (κ2) is 7.16. The van der Waals surface area contributed by atoms with E-state index in [-0.39, 0.29) is 12.5 Å². The molecule has 0 aromatic carbocycles. The molecule has 0 atom stereocenters. The maximum absolute atomic E-state index is 11.6. The molecule has 1 aromatic rings. The molecule has 0 radical (unpaired) electrons. The van der Waals surface area contributed by atoms with Crippen molar-refractivity contribution in [3.63, 3.8) is 0 Å². The Morgan fingerprint density at radius 2 is 2.17 bits per heavy atom. The predicted molar refractivity (Wildman–Crippen MR) is 73.0 cm³/mol. The SMILES string of the molecule is CCCNC(=O)CN(C)c1cc(Cl)nc(CC)n1. The van der Waals surface area contributed by atoms with Crippen LogP contribution in [0.5, 0.6) is 0 Å². The first-order valence-electron chi connectivity index (χ1n) is 6.08. The first kappa shape index (κ1) is 14.7. The highest BCUT2D eigenvalue weighted by atomic mass is 35.5. The monoisotopic (exact) mass is 270 g/mol. The molecule has 0 aliphatic heterocycles. The summed E-state index contributed by atoms with van der Waals surface area (Å²) in [6.45, 7) is 4.93. The number of carbonyl (C=O) groups excluding carboxylic acids is 1. The van der Waals surface area contributed by atoms with Crippen LogP contribution in [0.3, 0.4) is 0 Å². The van der Waals surface area contributed by atoms with E-state index in [2.05, 4.69) is 15.3 Å². The Labute approximate surface area is 113 Å². The van der Waals surface area contributed by atoms with Crippen LogP contribution >= 0.6 is 11.6 Å². The standard InChI is InChI=1S/C12H19ClN4O/c1-4-6-14-12(18)8-17(3)11-7-9(13)15-10(5-2)16-11/h7H,4-6,8H2,1-3H3,(H,14,18). The lowest BCUT2D eigenvalue weighted by Crippen LogP contribution is -2.35. The van der Waals surface area contributed by atoms with E-state index in [1.807, 2.05) is 20.9 Å². The van der Waals surface area contributed by atoms with Gasteiger partial charge in [0.1, 0.15) is 16.8 Å². The van der Waals surface area contributed by atoms with Crippen LogP contribution in [-0.4, -0.2) is 36.0 Å². The minimum absolute atomic E-state index is 0.0212. The van der Waals surface area contributed by atoms with Gasteiger partial charge in [-0.1, -0.05) is 25.4 Å². The van der Waals surface area contributed by atoms with Crippen molar-refractivity contribution in [3.8, 4) is 0 Å². The second-order valence-corrected chi connectivity index (χ2v) is 4.41. The first-order valence-corrected chi connectivity index (χ1v) is 6.45. The maximum Gasteiger partial charge on any atom is 0.239 e. The number of likely N-dealkylation sites (N-methyl/N-ethyl adjacent to an activating group) is 1. The van der Waals surface area contributed by atoms with E-state index >= 15 is 0 Å². The van der Waals surface area contributed by atoms with Crippen LogP contribution in [0.1, 0.15) is 26.1 Å². The summed E-state index contributed by atoms with van der Waals surface area (Å²) < 4.78 is 0. The van der Waals surface area contributed by atoms with Gasteiger partial charge < -0.3 is 10.2 Å². The molecule has 1 N–H and O–H groups in total. The number of aromatic nitrogens is 2. The Morgan fingerprint density at radius 1 is 1.44 bits per heavy atom. The Kier molecular flexibility index (Phi) is 5.85. The van der Waals surface area contributed by atoms with Gasteiger partial charge in [0.2, 0.25) is 5.91 Å². The predicted octanol–water partition coefficient (Wildman–Crippen LogP) is 1.65. The number of nitrogens with one attached hydrogen (secondary N) is 1. The zero-order chi connectivity index (χ0) is 13.5. The van der Waals surface area contributed by atoms with Gasteiger partial charge >= 0.3 is 0 Å². The highest BCUT2D eigenvalue weighted by Gasteiger charge is 2.10. The number of nitrogens with zero attached hydrogens (tertiary/aromatic N) is 3. The normalized spacial score (nSPS) is 10.2. The molecular formula is C12H19ClN4O. The molecule has 1 amide bonds. The van der Waals surface area contributed by atoms with Crippen molar-refractivity contribution in [2.45, 2.75) is 26.7 Å². The number of aryl methyl sites for hydroxylation is 1. The summed E-state index contributed by atoms with van der Waals surface area (Å²) >= 11 is 5.91. The van der Waals surface area contributed by atoms with Crippen LogP contribution in [-0.2, 0) is 11.2 Å². The summed E-state index contributed by atoms with van der Waals surface area (Å²) in [6, 6.07) is 1.66. The van der Waals surface area contributed by atoms with Gasteiger partial charge in [-0.15, -0.1) is 0 Å². The Morgan fingerprint density at radius 3 is 2.78 bits per heavy atom. The highest BCUT2D eigenvalue weighted by molar-refractivity contribution is 6.29. The third-order valence-corrected chi connectivity index (χ3v) is 2.58. The lowest BCUT2D eigenvalue weighted by atomic mass is 10.4. The van der Waals surface area contributed by atoms with E-state index in [1.165, 1.54) is 0 Å². The van der Waals surface area contributed by atoms with Gasteiger partial charge in [-0.25, -0.2) is 9.97 Å². The average Bonchev–Trinajstić information content (AvgIpc) is 2.35. The van der Waals surface area contributed by atoms with Crippen molar-refractivity contribution in [2.75, 3.05) is 25.0 Å². The van der Waals surface area contributed by atoms with Gasteiger partial charge in [0.15, 0.2) is 0 Å². The highest BCUT2D eigenvalue weighted by Crippen LogP contribution is 2.14. The van der Waals surface area contributed by atoms with E-state index in [0.29, 0.717) is 29.8 Å². The summed E-state index contributed by atoms with van der Waals surface area (Å²) in [5.74, 6) is 1.32. The second-order valence-electron chi connectivity index (χ2n) is 4.02. The van der Waals surface area contributed by atoms with E-state index in [1.54, 1.807) is 11.0 Å². The fourth-order valence-electron chi connectivity index (χ4n) is 1.42. The molecule has 0 bridgehead atoms. The third-order valence-electron chi connectivity index (χ3n) is 2.39. The third kappa shape index (κ3) is 4.49. The van der Waals surface area contributed by atoms with Gasteiger partial charge in [0.25, 0.3) is 0 Å². The number of hydrogen-bond donors (Lipinski definition) is 1. The molecular weight excluding hydrogens is 252 g/mol. The number of halogens is 1. The summed E-state index contributed by atoms with van der Waals surface area (Å²) in [7, 11) is 1.81. The number of rotatable bonds is 6. The number of amides is 1. The van der Waals surface area contributed by atoms with Gasteiger partial charge in [-0.2, -0.15) is 0 Å². The quantitative estimate of drug-likeness (QED) is 0.799. The fourth-order valence-corrected chi connectivity index (χ4v) is 1.62. The lowest BCUT2D eigenvalue weighted by molar-refractivity contribution is -0.119. The number of hydrogen-bond acceptors (Lipinski definition) is 4. The average molecular weight is 271 g/mol. The van der Waals surface area contributed by atoms with Gasteiger partial charge in [-0.3, -0.25) is 4.79 Å². The van der Waals surface area contributed by atoms with Crippen LogP contribution in [0.25, 0.3) is 0 Å². The summed E-state index contributed by atoms with van der Waals surface area (Å²) in [5, 5.41) is 3.22. The zero-order valence-electron chi connectivity index (χ0n) is 11.0. The maximum atomic E-state index is 11.6. The molecule has 0 saturated carbocycles. The number of anilines is 1. The molecule has 0 spiro atoms. The fraction of sp³-hybridized carbons (Fsp3) is 0.583. The summed E-state index contributed by atoms with van der Waals surface area (Å²) in [5.41, 5.74) is 0. The van der Waals surface area contributed by atoms with Gasteiger partial charge in [0.05, 0.1) is 6.54 Å². The van der Waals surface area contributed by atoms with Crippen LogP contribution in [0.2, 0.25) is 5.15 Å². The molecule has 1 heterocycles. The van der Waals surface area contributed by atoms with Crippen molar-refractivity contribution in [2.24, 2.45) is 0 Å². The van der Waals surface area contributed by atoms with Crippen LogP contribution < -0.4 is 10.2 Å². The summed E-state index contributed by atoms with van der Waals surface area (Å²) in [4.78, 5) is 21.8. The molecule has 0 aliphatic carbocycles. The molecule has 1 rings (SSSR count). The Hall–Kier alpha value is -1.36. The Bertz CT molecular complexity index is 411. The number of carbonyl (C=O) groups is 1. The molecule has 0 unspecified atom stereocenters. The van der Waals surface area contributed by atoms with Gasteiger partial charge in [-0.05, 0) is 6.42 Å². The van der Waals surface area contributed by atoms with E-state index in [0.717, 1.165) is 6.42 Å². The van der Waals surface area contributed by atoms with Crippen LogP contribution in [0.15, 0.2) is 6.07 Å². The van der Waals surface area contributed by atoms with Gasteiger partial charge in [0, 0.05) is 26.1 Å². The van der Waals surface area contributed by atoms with Crippen molar-refractivity contribution < 1.29 is 4.79 Å². The minimum atomic E-state index is -0.0212. The first-order chi connectivity index (χ1) is 8.56. The van der Waals surface area contributed by atoms with Crippen LogP contribution in [0.4, 0.5) is 5.82 Å². The van der Waals surface area contributed by atoms with Crippen LogP contribution in [0, 0.1) is 0 Å². The van der Waals surface area contributed by atoms with Crippen molar-refractivity contribution in [1.29, 1.82) is 0 Å². The van der Waals surface area contributed by atoms with E-state index < -0.39 is 0 Å². The Balaban J connectivity index is 2.68. The summed E-state index contributed by atoms with van der Waals surface area (Å²) in [6.07, 6.45) is 1.64. The molecule has 100 valence electrons. The van der Waals surface area contributed by atoms with E-state index in [9.17, 15) is 4.79 Å². The molecule has 1 aromatic heterocycles. The molecule has 5 nitrogen and oxygen atoms in total. The molecule has 6 heteroatoms. The largest absolute Gasteiger partial charge is 0.355 e. The molecule has 0 fully saturated rings. The van der Waals surface area contributed by atoms with Crippen molar-refractivity contribution in [3.05, 3.63) is 17.0 Å². The zero-order valence-corrected chi connectivity index (χ0v) is 11.8. The smallest absolute Gasteiger partial charge is 0.239 e. The topological polar surface area (TPSA) is 58.1 Å². The minimum Gasteiger partial charge on any atom is -0.355 e.